The topological polar surface area (TPSA) is 37.3 Å². The summed E-state index contributed by atoms with van der Waals surface area (Å²) in [6.45, 7) is 0. The molecule has 0 radical (unpaired) electrons. The summed E-state index contributed by atoms with van der Waals surface area (Å²) >= 11 is 0. The Morgan fingerprint density at radius 3 is 2.70 bits per heavy atom. The summed E-state index contributed by atoms with van der Waals surface area (Å²) in [6, 6.07) is 0. The van der Waals surface area contributed by atoms with Crippen molar-refractivity contribution >= 4 is 5.97 Å². The third kappa shape index (κ3) is 0.435. The number of aliphatic carboxylic acids is 1. The number of halogens is 1. The van der Waals surface area contributed by atoms with Gasteiger partial charge in [-0.2, -0.15) is 0 Å². The lowest BCUT2D eigenvalue weighted by molar-refractivity contribution is -0.144. The van der Waals surface area contributed by atoms with Gasteiger partial charge in [0.2, 0.25) is 0 Å². The minimum Gasteiger partial charge on any atom is -0.481 e. The highest BCUT2D eigenvalue weighted by Gasteiger charge is 2.73. The van der Waals surface area contributed by atoms with Crippen LogP contribution in [-0.4, -0.2) is 17.2 Å². The summed E-state index contributed by atoms with van der Waals surface area (Å²) in [6.07, 6.45) is 1.16. The van der Waals surface area contributed by atoms with Gasteiger partial charge in [-0.15, -0.1) is 0 Å². The molecule has 0 aliphatic heterocycles. The van der Waals surface area contributed by atoms with Crippen LogP contribution in [0.1, 0.15) is 19.3 Å². The second kappa shape index (κ2) is 1.52. The number of hydrogen-bond acceptors (Lipinski definition) is 1. The van der Waals surface area contributed by atoms with Crippen LogP contribution in [0, 0.1) is 11.3 Å². The molecule has 0 aromatic carbocycles. The Labute approximate surface area is 58.0 Å². The molecule has 1 N–H and O–H groups in total. The molecule has 0 aromatic heterocycles. The van der Waals surface area contributed by atoms with Crippen molar-refractivity contribution in [3.63, 3.8) is 0 Å². The lowest BCUT2D eigenvalue weighted by atomic mass is 10.0. The molecule has 10 heavy (non-hydrogen) atoms. The highest BCUT2D eigenvalue weighted by atomic mass is 19.1. The fraction of sp³-hybridized carbons (Fsp3) is 0.857. The van der Waals surface area contributed by atoms with E-state index in [1.165, 1.54) is 0 Å². The Balaban J connectivity index is 2.24. The summed E-state index contributed by atoms with van der Waals surface area (Å²) in [7, 11) is 0. The Bertz CT molecular complexity index is 192. The lowest BCUT2D eigenvalue weighted by Gasteiger charge is -2.02. The molecule has 0 amide bonds. The molecule has 0 bridgehead atoms. The predicted octanol–water partition coefficient (Wildman–Crippen LogP) is 1.21. The lowest BCUT2D eigenvalue weighted by Crippen LogP contribution is -2.16. The van der Waals surface area contributed by atoms with E-state index in [1.807, 2.05) is 0 Å². The van der Waals surface area contributed by atoms with Gasteiger partial charge in [-0.05, 0) is 12.8 Å². The van der Waals surface area contributed by atoms with Gasteiger partial charge in [0, 0.05) is 5.92 Å². The molecule has 56 valence electrons. The van der Waals surface area contributed by atoms with Crippen molar-refractivity contribution in [2.75, 3.05) is 0 Å². The van der Waals surface area contributed by atoms with Crippen molar-refractivity contribution in [3.8, 4) is 0 Å². The maximum absolute atomic E-state index is 12.7. The Hall–Kier alpha value is -0.600. The normalized spacial score (nSPS) is 50.5. The number of hydrogen-bond donors (Lipinski definition) is 1. The van der Waals surface area contributed by atoms with Gasteiger partial charge in [-0.1, -0.05) is 6.42 Å². The van der Waals surface area contributed by atoms with Gasteiger partial charge in [0.05, 0.1) is 0 Å². The van der Waals surface area contributed by atoms with Crippen molar-refractivity contribution in [1.29, 1.82) is 0 Å². The molecule has 3 unspecified atom stereocenters. The van der Waals surface area contributed by atoms with Crippen LogP contribution in [0.2, 0.25) is 0 Å². The number of carboxylic acid groups (broad SMARTS) is 1. The van der Waals surface area contributed by atoms with E-state index < -0.39 is 17.6 Å². The molecule has 2 nitrogen and oxygen atoms in total. The van der Waals surface area contributed by atoms with Crippen molar-refractivity contribution in [1.82, 2.24) is 0 Å². The smallest absolute Gasteiger partial charge is 0.313 e. The van der Waals surface area contributed by atoms with E-state index in [-0.39, 0.29) is 5.92 Å². The Kier molecular flexibility index (Phi) is 0.932. The van der Waals surface area contributed by atoms with E-state index >= 15 is 0 Å². The van der Waals surface area contributed by atoms with Crippen LogP contribution in [0.5, 0.6) is 0 Å². The molecule has 2 saturated carbocycles. The fourth-order valence-corrected chi connectivity index (χ4v) is 2.19. The first-order chi connectivity index (χ1) is 4.69. The first-order valence-corrected chi connectivity index (χ1v) is 3.57. The molecule has 0 spiro atoms. The van der Waals surface area contributed by atoms with Crippen LogP contribution in [0.15, 0.2) is 0 Å². The third-order valence-corrected chi connectivity index (χ3v) is 2.90. The van der Waals surface area contributed by atoms with E-state index in [4.69, 9.17) is 5.11 Å². The monoisotopic (exact) mass is 144 g/mol. The van der Waals surface area contributed by atoms with Crippen LogP contribution in [0.4, 0.5) is 4.39 Å². The molecule has 2 aliphatic rings. The number of fused-ring (bicyclic) bond motifs is 1. The van der Waals surface area contributed by atoms with Gasteiger partial charge < -0.3 is 5.11 Å². The second-order valence-electron chi connectivity index (χ2n) is 3.25. The van der Waals surface area contributed by atoms with E-state index in [0.29, 0.717) is 6.42 Å². The molecule has 0 aromatic rings. The zero-order valence-electron chi connectivity index (χ0n) is 5.51. The third-order valence-electron chi connectivity index (χ3n) is 2.90. The molecule has 2 fully saturated rings. The van der Waals surface area contributed by atoms with Crippen LogP contribution in [-0.2, 0) is 4.79 Å². The van der Waals surface area contributed by atoms with Crippen LogP contribution < -0.4 is 0 Å². The molecule has 3 heteroatoms. The fourth-order valence-electron chi connectivity index (χ4n) is 2.19. The SMILES string of the molecule is O=C(O)C12CCCC1C2F. The zero-order valence-corrected chi connectivity index (χ0v) is 5.51. The summed E-state index contributed by atoms with van der Waals surface area (Å²) in [5.74, 6) is -1.08. The van der Waals surface area contributed by atoms with Crippen molar-refractivity contribution in [2.45, 2.75) is 25.4 Å². The van der Waals surface area contributed by atoms with E-state index in [1.54, 1.807) is 0 Å². The van der Waals surface area contributed by atoms with Crippen molar-refractivity contribution in [2.24, 2.45) is 11.3 Å². The minimum atomic E-state index is -1.04. The summed E-state index contributed by atoms with van der Waals surface area (Å²) < 4.78 is 12.7. The molecule has 2 rings (SSSR count). The van der Waals surface area contributed by atoms with Crippen LogP contribution >= 0.6 is 0 Å². The Morgan fingerprint density at radius 2 is 2.40 bits per heavy atom. The average Bonchev–Trinajstić information content (AvgIpc) is 2.36. The largest absolute Gasteiger partial charge is 0.481 e. The van der Waals surface area contributed by atoms with E-state index in [0.717, 1.165) is 12.8 Å². The standard InChI is InChI=1S/C7H9FO2/c8-5-4-2-1-3-7(4,5)6(9)10/h4-5H,1-3H2,(H,9,10). The van der Waals surface area contributed by atoms with Crippen LogP contribution in [0.3, 0.4) is 0 Å². The van der Waals surface area contributed by atoms with E-state index in [2.05, 4.69) is 0 Å². The van der Waals surface area contributed by atoms with Crippen molar-refractivity contribution in [3.05, 3.63) is 0 Å². The molecule has 0 saturated heterocycles. The summed E-state index contributed by atoms with van der Waals surface area (Å²) in [4.78, 5) is 10.5. The molecular formula is C7H9FO2. The zero-order chi connectivity index (χ0) is 7.35. The van der Waals surface area contributed by atoms with Crippen LogP contribution in [0.25, 0.3) is 0 Å². The molecular weight excluding hydrogens is 135 g/mol. The maximum atomic E-state index is 12.7. The molecule has 2 aliphatic carbocycles. The number of alkyl halides is 1. The number of carboxylic acids is 1. The van der Waals surface area contributed by atoms with Crippen molar-refractivity contribution < 1.29 is 14.3 Å². The number of rotatable bonds is 1. The van der Waals surface area contributed by atoms with Gasteiger partial charge in [0.25, 0.3) is 0 Å². The predicted molar refractivity (Wildman–Crippen MR) is 32.3 cm³/mol. The van der Waals surface area contributed by atoms with E-state index in [9.17, 15) is 9.18 Å². The van der Waals surface area contributed by atoms with Gasteiger partial charge in [-0.3, -0.25) is 4.79 Å². The maximum Gasteiger partial charge on any atom is 0.313 e. The highest BCUT2D eigenvalue weighted by molar-refractivity contribution is 5.80. The van der Waals surface area contributed by atoms with Gasteiger partial charge in [0.1, 0.15) is 11.6 Å². The van der Waals surface area contributed by atoms with Gasteiger partial charge in [0.15, 0.2) is 0 Å². The average molecular weight is 144 g/mol. The van der Waals surface area contributed by atoms with Gasteiger partial charge in [-0.25, -0.2) is 4.39 Å². The first kappa shape index (κ1) is 6.13. The summed E-state index contributed by atoms with van der Waals surface area (Å²) in [5, 5.41) is 8.64. The molecule has 3 atom stereocenters. The second-order valence-corrected chi connectivity index (χ2v) is 3.25. The molecule has 0 heterocycles. The minimum absolute atomic E-state index is 0.148. The first-order valence-electron chi connectivity index (χ1n) is 3.57. The highest BCUT2D eigenvalue weighted by Crippen LogP contribution is 2.65. The quantitative estimate of drug-likeness (QED) is 0.600. The Morgan fingerprint density at radius 1 is 1.70 bits per heavy atom. The van der Waals surface area contributed by atoms with Gasteiger partial charge >= 0.3 is 5.97 Å². The summed E-state index contributed by atoms with van der Waals surface area (Å²) in [5.41, 5.74) is -0.931. The number of carbonyl (C=O) groups is 1.